The van der Waals surface area contributed by atoms with Crippen LogP contribution in [0.5, 0.6) is 5.75 Å². The molecule has 34 heavy (non-hydrogen) atoms. The van der Waals surface area contributed by atoms with Crippen LogP contribution in [0.1, 0.15) is 92.2 Å². The molecule has 0 saturated heterocycles. The lowest BCUT2D eigenvalue weighted by Crippen LogP contribution is -2.43. The second-order valence-electron chi connectivity index (χ2n) is 9.94. The zero-order valence-corrected chi connectivity index (χ0v) is 20.5. The van der Waals surface area contributed by atoms with Crippen molar-refractivity contribution in [2.75, 3.05) is 13.7 Å². The van der Waals surface area contributed by atoms with E-state index in [1.165, 1.54) is 39.2 Å². The van der Waals surface area contributed by atoms with Crippen LogP contribution < -0.4 is 10.1 Å². The molecule has 0 spiro atoms. The number of rotatable bonds is 8. The van der Waals surface area contributed by atoms with Crippen LogP contribution in [0.25, 0.3) is 0 Å². The van der Waals surface area contributed by atoms with Gasteiger partial charge < -0.3 is 14.8 Å². The van der Waals surface area contributed by atoms with E-state index in [2.05, 4.69) is 17.4 Å². The van der Waals surface area contributed by atoms with Crippen molar-refractivity contribution in [3.8, 4) is 5.75 Å². The fourth-order valence-electron chi connectivity index (χ4n) is 5.51. The lowest BCUT2D eigenvalue weighted by Gasteiger charge is -2.30. The summed E-state index contributed by atoms with van der Waals surface area (Å²) in [5.74, 6) is 1.27. The van der Waals surface area contributed by atoms with Gasteiger partial charge in [0.15, 0.2) is 0 Å². The van der Waals surface area contributed by atoms with Crippen molar-refractivity contribution in [3.05, 3.63) is 65.2 Å². The Morgan fingerprint density at radius 1 is 0.941 bits per heavy atom. The number of methoxy groups -OCH3 is 1. The summed E-state index contributed by atoms with van der Waals surface area (Å²) in [6.07, 6.45) is 10.3. The van der Waals surface area contributed by atoms with Crippen molar-refractivity contribution in [2.45, 2.75) is 76.2 Å². The smallest absolute Gasteiger partial charge is 0.337 e. The summed E-state index contributed by atoms with van der Waals surface area (Å²) >= 11 is 0. The molecular formula is C29H37NO4. The van der Waals surface area contributed by atoms with Gasteiger partial charge in [-0.05, 0) is 73.9 Å². The van der Waals surface area contributed by atoms with Gasteiger partial charge in [-0.3, -0.25) is 4.79 Å². The number of hydrogen-bond acceptors (Lipinski definition) is 4. The van der Waals surface area contributed by atoms with E-state index in [1.807, 2.05) is 31.2 Å². The zero-order valence-electron chi connectivity index (χ0n) is 20.5. The Morgan fingerprint density at radius 3 is 2.21 bits per heavy atom. The zero-order chi connectivity index (χ0) is 24.0. The van der Waals surface area contributed by atoms with Crippen LogP contribution in [0.3, 0.4) is 0 Å². The molecular weight excluding hydrogens is 426 g/mol. The second kappa shape index (κ2) is 11.1. The quantitative estimate of drug-likeness (QED) is 0.479. The molecule has 2 aromatic carbocycles. The molecule has 2 fully saturated rings. The normalized spacial score (nSPS) is 18.8. The molecule has 0 aromatic heterocycles. The number of benzene rings is 2. The third-order valence-corrected chi connectivity index (χ3v) is 7.69. The molecule has 2 saturated carbocycles. The number of ether oxygens (including phenoxy) is 2. The van der Waals surface area contributed by atoms with E-state index in [9.17, 15) is 9.59 Å². The maximum absolute atomic E-state index is 13.6. The number of esters is 1. The van der Waals surface area contributed by atoms with E-state index in [4.69, 9.17) is 9.47 Å². The molecule has 182 valence electrons. The molecule has 0 bridgehead atoms. The first-order chi connectivity index (χ1) is 16.5. The summed E-state index contributed by atoms with van der Waals surface area (Å²) in [7, 11) is 1.37. The number of amides is 1. The molecule has 1 N–H and O–H groups in total. The summed E-state index contributed by atoms with van der Waals surface area (Å²) in [6.45, 7) is 2.77. The van der Waals surface area contributed by atoms with Gasteiger partial charge in [0.25, 0.3) is 0 Å². The van der Waals surface area contributed by atoms with Gasteiger partial charge in [-0.15, -0.1) is 0 Å². The third-order valence-electron chi connectivity index (χ3n) is 7.69. The average molecular weight is 464 g/mol. The Morgan fingerprint density at radius 2 is 1.59 bits per heavy atom. The van der Waals surface area contributed by atoms with Crippen LogP contribution in [0.2, 0.25) is 0 Å². The molecule has 2 aromatic rings. The minimum absolute atomic E-state index is 0.0745. The predicted octanol–water partition coefficient (Wildman–Crippen LogP) is 6.12. The highest BCUT2D eigenvalue weighted by molar-refractivity contribution is 5.90. The van der Waals surface area contributed by atoms with E-state index in [0.29, 0.717) is 11.5 Å². The van der Waals surface area contributed by atoms with Crippen LogP contribution in [0.4, 0.5) is 0 Å². The van der Waals surface area contributed by atoms with Crippen LogP contribution >= 0.6 is 0 Å². The average Bonchev–Trinajstić information content (AvgIpc) is 3.39. The highest BCUT2D eigenvalue weighted by atomic mass is 16.5. The molecule has 2 aliphatic rings. The second-order valence-corrected chi connectivity index (χ2v) is 9.94. The lowest BCUT2D eigenvalue weighted by atomic mass is 9.77. The highest BCUT2D eigenvalue weighted by Gasteiger charge is 2.43. The predicted molar refractivity (Wildman–Crippen MR) is 133 cm³/mol. The van der Waals surface area contributed by atoms with Gasteiger partial charge in [0.2, 0.25) is 5.91 Å². The first-order valence-corrected chi connectivity index (χ1v) is 12.7. The van der Waals surface area contributed by atoms with E-state index >= 15 is 0 Å². The van der Waals surface area contributed by atoms with Gasteiger partial charge >= 0.3 is 5.97 Å². The van der Waals surface area contributed by atoms with Gasteiger partial charge in [0.1, 0.15) is 5.75 Å². The maximum atomic E-state index is 13.6. The molecule has 0 aliphatic heterocycles. The third kappa shape index (κ3) is 5.45. The standard InChI is InChI=1S/C29H37NO4/c1-21(23-10-12-24(13-11-23)27(31)33-2)30-28(32)29(18-6-7-19-29)25-14-16-26(17-15-25)34-20-22-8-4-3-5-9-22/h10-17,21-22H,3-9,18-20H2,1-2H3,(H,30,32). The van der Waals surface area contributed by atoms with Crippen molar-refractivity contribution in [2.24, 2.45) is 5.92 Å². The molecule has 5 heteroatoms. The van der Waals surface area contributed by atoms with Gasteiger partial charge in [0.05, 0.1) is 30.7 Å². The van der Waals surface area contributed by atoms with Crippen LogP contribution in [-0.2, 0) is 14.9 Å². The number of hydrogen-bond donors (Lipinski definition) is 1. The minimum atomic E-state index is -0.498. The summed E-state index contributed by atoms with van der Waals surface area (Å²) in [4.78, 5) is 25.3. The Bertz CT molecular complexity index is 955. The highest BCUT2D eigenvalue weighted by Crippen LogP contribution is 2.42. The summed E-state index contributed by atoms with van der Waals surface area (Å²) in [5, 5.41) is 3.24. The first-order valence-electron chi connectivity index (χ1n) is 12.7. The number of carbonyl (C=O) groups is 2. The maximum Gasteiger partial charge on any atom is 0.337 e. The number of nitrogens with one attached hydrogen (secondary N) is 1. The molecule has 5 nitrogen and oxygen atoms in total. The van der Waals surface area contributed by atoms with E-state index < -0.39 is 5.41 Å². The Balaban J connectivity index is 1.41. The van der Waals surface area contributed by atoms with E-state index in [-0.39, 0.29) is 17.9 Å². The summed E-state index contributed by atoms with van der Waals surface area (Å²) in [6, 6.07) is 15.3. The molecule has 1 unspecified atom stereocenters. The molecule has 4 rings (SSSR count). The summed E-state index contributed by atoms with van der Waals surface area (Å²) in [5.41, 5.74) is 2.03. The van der Waals surface area contributed by atoms with Crippen molar-refractivity contribution in [3.63, 3.8) is 0 Å². The fourth-order valence-corrected chi connectivity index (χ4v) is 5.51. The van der Waals surface area contributed by atoms with E-state index in [1.54, 1.807) is 12.1 Å². The van der Waals surface area contributed by atoms with Crippen molar-refractivity contribution in [1.82, 2.24) is 5.32 Å². The molecule has 1 atom stereocenters. The SMILES string of the molecule is COC(=O)c1ccc(C(C)NC(=O)C2(c3ccc(OCC4CCCCC4)cc3)CCCC2)cc1. The monoisotopic (exact) mass is 463 g/mol. The molecule has 0 heterocycles. The van der Waals surface area contributed by atoms with Gasteiger partial charge in [0, 0.05) is 0 Å². The molecule has 0 radical (unpaired) electrons. The summed E-state index contributed by atoms with van der Waals surface area (Å²) < 4.78 is 10.8. The van der Waals surface area contributed by atoms with Crippen molar-refractivity contribution in [1.29, 1.82) is 0 Å². The topological polar surface area (TPSA) is 64.6 Å². The minimum Gasteiger partial charge on any atom is -0.493 e. The Labute approximate surface area is 203 Å². The van der Waals surface area contributed by atoms with E-state index in [0.717, 1.165) is 49.2 Å². The first kappa shape index (κ1) is 24.3. The lowest BCUT2D eigenvalue weighted by molar-refractivity contribution is -0.127. The van der Waals surface area contributed by atoms with Gasteiger partial charge in [-0.1, -0.05) is 56.4 Å². The van der Waals surface area contributed by atoms with Crippen LogP contribution in [0.15, 0.2) is 48.5 Å². The van der Waals surface area contributed by atoms with Crippen molar-refractivity contribution < 1.29 is 19.1 Å². The Hall–Kier alpha value is -2.82. The van der Waals surface area contributed by atoms with Crippen LogP contribution in [-0.4, -0.2) is 25.6 Å². The fraction of sp³-hybridized carbons (Fsp3) is 0.517. The molecule has 1 amide bonds. The Kier molecular flexibility index (Phi) is 7.91. The largest absolute Gasteiger partial charge is 0.493 e. The van der Waals surface area contributed by atoms with Gasteiger partial charge in [-0.25, -0.2) is 4.79 Å². The van der Waals surface area contributed by atoms with Gasteiger partial charge in [-0.2, -0.15) is 0 Å². The number of carbonyl (C=O) groups excluding carboxylic acids is 2. The van der Waals surface area contributed by atoms with Crippen molar-refractivity contribution >= 4 is 11.9 Å². The van der Waals surface area contributed by atoms with Crippen LogP contribution in [0, 0.1) is 5.92 Å². The molecule has 2 aliphatic carbocycles.